The van der Waals surface area contributed by atoms with Crippen LogP contribution in [0, 0.1) is 0 Å². The van der Waals surface area contributed by atoms with Gasteiger partial charge in [-0.05, 0) is 11.1 Å². The molecule has 3 N–H and O–H groups in total. The van der Waals surface area contributed by atoms with Crippen LogP contribution in [0.15, 0.2) is 24.3 Å². The molecule has 0 saturated heterocycles. The first-order chi connectivity index (χ1) is 8.99. The van der Waals surface area contributed by atoms with E-state index in [1.807, 2.05) is 24.3 Å². The van der Waals surface area contributed by atoms with Crippen LogP contribution in [0.3, 0.4) is 0 Å². The molecule has 7 heteroatoms. The second-order valence-electron chi connectivity index (χ2n) is 4.17. The molecule has 0 atom stereocenters. The highest BCUT2D eigenvalue weighted by Gasteiger charge is 2.16. The normalized spacial score (nSPS) is 12.0. The fourth-order valence-electron chi connectivity index (χ4n) is 1.58. The van der Waals surface area contributed by atoms with E-state index in [0.717, 1.165) is 11.1 Å². The minimum absolute atomic E-state index is 0.256. The van der Waals surface area contributed by atoms with Crippen LogP contribution < -0.4 is 10.5 Å². The topological polar surface area (TPSA) is 84.7 Å². The maximum atomic E-state index is 11.9. The van der Waals surface area contributed by atoms with Crippen molar-refractivity contribution in [3.8, 4) is 0 Å². The molecular formula is C12H21N3O3S. The van der Waals surface area contributed by atoms with Gasteiger partial charge in [-0.15, -0.1) is 0 Å². The van der Waals surface area contributed by atoms with E-state index in [1.54, 1.807) is 0 Å². The van der Waals surface area contributed by atoms with Gasteiger partial charge in [0.05, 0.1) is 6.61 Å². The number of hydrogen-bond donors (Lipinski definition) is 2. The average molecular weight is 287 g/mol. The molecule has 1 aromatic rings. The molecule has 0 amide bonds. The zero-order valence-corrected chi connectivity index (χ0v) is 12.1. The summed E-state index contributed by atoms with van der Waals surface area (Å²) in [5.74, 6) is 0. The molecular weight excluding hydrogens is 266 g/mol. The SMILES string of the molecule is COCCNS(=O)(=O)N(C)Cc1cccc(CN)c1. The highest BCUT2D eigenvalue weighted by atomic mass is 32.2. The zero-order valence-electron chi connectivity index (χ0n) is 11.3. The van der Waals surface area contributed by atoms with Gasteiger partial charge in [0.1, 0.15) is 0 Å². The molecule has 0 fully saturated rings. The number of ether oxygens (including phenoxy) is 1. The highest BCUT2D eigenvalue weighted by Crippen LogP contribution is 2.09. The molecule has 0 aromatic heterocycles. The lowest BCUT2D eigenvalue weighted by Gasteiger charge is -2.18. The molecule has 0 aliphatic rings. The zero-order chi connectivity index (χ0) is 14.3. The molecule has 1 aromatic carbocycles. The predicted octanol–water partition coefficient (Wildman–Crippen LogP) is 0.0579. The van der Waals surface area contributed by atoms with Crippen LogP contribution in [0.5, 0.6) is 0 Å². The van der Waals surface area contributed by atoms with Crippen molar-refractivity contribution in [1.29, 1.82) is 0 Å². The Hall–Kier alpha value is -0.990. The summed E-state index contributed by atoms with van der Waals surface area (Å²) in [5, 5.41) is 0. The van der Waals surface area contributed by atoms with Crippen molar-refractivity contribution in [2.24, 2.45) is 5.73 Å². The van der Waals surface area contributed by atoms with Crippen LogP contribution in [-0.4, -0.2) is 40.0 Å². The van der Waals surface area contributed by atoms with Crippen LogP contribution >= 0.6 is 0 Å². The molecule has 0 saturated carbocycles. The van der Waals surface area contributed by atoms with Gasteiger partial charge in [0, 0.05) is 33.8 Å². The van der Waals surface area contributed by atoms with E-state index < -0.39 is 10.2 Å². The van der Waals surface area contributed by atoms with Crippen LogP contribution in [0.4, 0.5) is 0 Å². The number of nitrogens with zero attached hydrogens (tertiary/aromatic N) is 1. The van der Waals surface area contributed by atoms with Crippen molar-refractivity contribution in [3.63, 3.8) is 0 Å². The molecule has 0 aliphatic carbocycles. The summed E-state index contributed by atoms with van der Waals surface area (Å²) in [6, 6.07) is 7.56. The molecule has 19 heavy (non-hydrogen) atoms. The smallest absolute Gasteiger partial charge is 0.279 e. The Kier molecular flexibility index (Phi) is 6.40. The summed E-state index contributed by atoms with van der Waals surface area (Å²) >= 11 is 0. The van der Waals surface area contributed by atoms with Gasteiger partial charge in [-0.25, -0.2) is 0 Å². The molecule has 0 heterocycles. The minimum Gasteiger partial charge on any atom is -0.383 e. The fourth-order valence-corrected chi connectivity index (χ4v) is 2.46. The van der Waals surface area contributed by atoms with Crippen molar-refractivity contribution in [2.75, 3.05) is 27.3 Å². The van der Waals surface area contributed by atoms with Gasteiger partial charge < -0.3 is 10.5 Å². The minimum atomic E-state index is -3.48. The lowest BCUT2D eigenvalue weighted by molar-refractivity contribution is 0.204. The predicted molar refractivity (Wildman–Crippen MR) is 74.6 cm³/mol. The Morgan fingerprint density at radius 3 is 2.68 bits per heavy atom. The molecule has 0 bridgehead atoms. The monoisotopic (exact) mass is 287 g/mol. The Balaban J connectivity index is 2.64. The summed E-state index contributed by atoms with van der Waals surface area (Å²) in [6.07, 6.45) is 0. The standard InChI is InChI=1S/C12H21N3O3S/c1-15(19(16,17)14-6-7-18-2)10-12-5-3-4-11(8-12)9-13/h3-5,8,14H,6-7,9-10,13H2,1-2H3. The van der Waals surface area contributed by atoms with Crippen LogP contribution in [0.25, 0.3) is 0 Å². The lowest BCUT2D eigenvalue weighted by Crippen LogP contribution is -2.39. The Morgan fingerprint density at radius 1 is 1.37 bits per heavy atom. The Labute approximate surface area is 114 Å². The molecule has 0 aliphatic heterocycles. The molecule has 0 spiro atoms. The van der Waals surface area contributed by atoms with E-state index in [0.29, 0.717) is 19.7 Å². The third-order valence-corrected chi connectivity index (χ3v) is 4.15. The van der Waals surface area contributed by atoms with Gasteiger partial charge in [-0.2, -0.15) is 17.4 Å². The number of nitrogens with one attached hydrogen (secondary N) is 1. The van der Waals surface area contributed by atoms with Crippen molar-refractivity contribution < 1.29 is 13.2 Å². The third kappa shape index (κ3) is 5.25. The van der Waals surface area contributed by atoms with Gasteiger partial charge in [0.15, 0.2) is 0 Å². The maximum Gasteiger partial charge on any atom is 0.279 e. The first-order valence-corrected chi connectivity index (χ1v) is 7.41. The summed E-state index contributed by atoms with van der Waals surface area (Å²) in [6.45, 7) is 1.34. The first kappa shape index (κ1) is 16.1. The van der Waals surface area contributed by atoms with Gasteiger partial charge in [0.25, 0.3) is 10.2 Å². The van der Waals surface area contributed by atoms with Crippen LogP contribution in [0.1, 0.15) is 11.1 Å². The summed E-state index contributed by atoms with van der Waals surface area (Å²) in [5.41, 5.74) is 7.45. The van der Waals surface area contributed by atoms with Gasteiger partial charge >= 0.3 is 0 Å². The van der Waals surface area contributed by atoms with Gasteiger partial charge in [-0.3, -0.25) is 0 Å². The average Bonchev–Trinajstić information content (AvgIpc) is 2.39. The lowest BCUT2D eigenvalue weighted by atomic mass is 10.1. The summed E-state index contributed by atoms with van der Waals surface area (Å²) in [4.78, 5) is 0. The number of nitrogens with two attached hydrogens (primary N) is 1. The molecule has 0 unspecified atom stereocenters. The van der Waals surface area contributed by atoms with Crippen molar-refractivity contribution >= 4 is 10.2 Å². The maximum absolute atomic E-state index is 11.9. The van der Waals surface area contributed by atoms with E-state index in [9.17, 15) is 8.42 Å². The van der Waals surface area contributed by atoms with Crippen molar-refractivity contribution in [1.82, 2.24) is 9.03 Å². The third-order valence-electron chi connectivity index (χ3n) is 2.63. The molecule has 108 valence electrons. The second kappa shape index (κ2) is 7.56. The van der Waals surface area contributed by atoms with E-state index in [-0.39, 0.29) is 6.54 Å². The van der Waals surface area contributed by atoms with E-state index >= 15 is 0 Å². The second-order valence-corrected chi connectivity index (χ2v) is 6.03. The number of methoxy groups -OCH3 is 1. The first-order valence-electron chi connectivity index (χ1n) is 5.97. The highest BCUT2D eigenvalue weighted by molar-refractivity contribution is 7.87. The summed E-state index contributed by atoms with van der Waals surface area (Å²) in [7, 11) is -0.422. The van der Waals surface area contributed by atoms with Crippen molar-refractivity contribution in [3.05, 3.63) is 35.4 Å². The van der Waals surface area contributed by atoms with E-state index in [2.05, 4.69) is 4.72 Å². The van der Waals surface area contributed by atoms with Crippen LogP contribution in [-0.2, 0) is 28.0 Å². The van der Waals surface area contributed by atoms with Crippen LogP contribution in [0.2, 0.25) is 0 Å². The molecule has 6 nitrogen and oxygen atoms in total. The largest absolute Gasteiger partial charge is 0.383 e. The molecule has 1 rings (SSSR count). The molecule has 0 radical (unpaired) electrons. The number of benzene rings is 1. The van der Waals surface area contributed by atoms with Gasteiger partial charge in [0.2, 0.25) is 0 Å². The van der Waals surface area contributed by atoms with Crippen molar-refractivity contribution in [2.45, 2.75) is 13.1 Å². The van der Waals surface area contributed by atoms with E-state index in [1.165, 1.54) is 18.5 Å². The number of hydrogen-bond acceptors (Lipinski definition) is 4. The van der Waals surface area contributed by atoms with E-state index in [4.69, 9.17) is 10.5 Å². The number of rotatable bonds is 8. The summed E-state index contributed by atoms with van der Waals surface area (Å²) < 4.78 is 32.3. The quantitative estimate of drug-likeness (QED) is 0.662. The van der Waals surface area contributed by atoms with Gasteiger partial charge in [-0.1, -0.05) is 24.3 Å². The Bertz CT molecular complexity index is 491. The Morgan fingerprint density at radius 2 is 2.05 bits per heavy atom. The fraction of sp³-hybridized carbons (Fsp3) is 0.500.